The van der Waals surface area contributed by atoms with Gasteiger partial charge in [0.2, 0.25) is 5.95 Å². The molecule has 2 heterocycles. The van der Waals surface area contributed by atoms with Crippen molar-refractivity contribution in [3.8, 4) is 0 Å². The fraction of sp³-hybridized carbons (Fsp3) is 0.188. The van der Waals surface area contributed by atoms with Crippen molar-refractivity contribution in [2.24, 2.45) is 0 Å². The number of anilines is 2. The number of rotatable bonds is 4. The molecule has 122 valence electrons. The topological polar surface area (TPSA) is 141 Å². The van der Waals surface area contributed by atoms with Crippen LogP contribution in [0.15, 0.2) is 30.5 Å². The van der Waals surface area contributed by atoms with Gasteiger partial charge in [-0.1, -0.05) is 19.1 Å². The summed E-state index contributed by atoms with van der Waals surface area (Å²) in [5.41, 5.74) is 14.2. The summed E-state index contributed by atoms with van der Waals surface area (Å²) in [5.74, 6) is -0.542. The van der Waals surface area contributed by atoms with E-state index in [1.165, 1.54) is 0 Å². The van der Waals surface area contributed by atoms with E-state index in [0.29, 0.717) is 17.6 Å². The van der Waals surface area contributed by atoms with Crippen LogP contribution in [0.4, 0.5) is 11.8 Å². The van der Waals surface area contributed by atoms with Crippen LogP contribution in [0.3, 0.4) is 0 Å². The van der Waals surface area contributed by atoms with Crippen LogP contribution in [-0.2, 0) is 6.42 Å². The van der Waals surface area contributed by atoms with E-state index in [2.05, 4.69) is 19.9 Å². The molecule has 0 bridgehead atoms. The fourth-order valence-electron chi connectivity index (χ4n) is 2.47. The zero-order valence-corrected chi connectivity index (χ0v) is 13.0. The van der Waals surface area contributed by atoms with E-state index in [4.69, 9.17) is 16.6 Å². The third-order valence-electron chi connectivity index (χ3n) is 3.74. The predicted molar refractivity (Wildman–Crippen MR) is 89.5 cm³/mol. The quantitative estimate of drug-likeness (QED) is 0.657. The number of aromatic carboxylic acids is 1. The molecule has 0 amide bonds. The second-order valence-electron chi connectivity index (χ2n) is 5.53. The number of nitrogens with zero attached hydrogens (tertiary/aromatic N) is 4. The lowest BCUT2D eigenvalue weighted by molar-refractivity contribution is 0.0697. The lowest BCUT2D eigenvalue weighted by Crippen LogP contribution is -2.06. The second-order valence-corrected chi connectivity index (χ2v) is 5.53. The molecule has 8 nitrogen and oxygen atoms in total. The number of nitrogen functional groups attached to an aromatic ring is 2. The molecule has 3 aromatic rings. The maximum absolute atomic E-state index is 10.9. The minimum atomic E-state index is -0.940. The summed E-state index contributed by atoms with van der Waals surface area (Å²) in [5, 5.41) is 8.94. The number of benzene rings is 1. The fourth-order valence-corrected chi connectivity index (χ4v) is 2.47. The van der Waals surface area contributed by atoms with Gasteiger partial charge in [0.1, 0.15) is 0 Å². The summed E-state index contributed by atoms with van der Waals surface area (Å²) in [4.78, 5) is 27.5. The molecule has 3 rings (SSSR count). The van der Waals surface area contributed by atoms with Gasteiger partial charge in [-0.15, -0.1) is 0 Å². The molecule has 0 aliphatic carbocycles. The standard InChI is InChI=1S/C16H16N6O2/c1-8(9-2-4-10(5-3-9)15(23)24)6-11-7-19-14-12(20-11)13(17)21-16(18)22-14/h2-5,7-8H,6H2,1H3,(H,23,24)(H4,17,18,19,21,22)/t8-/m1/s1. The van der Waals surface area contributed by atoms with Crippen LogP contribution in [0.1, 0.15) is 34.5 Å². The minimum absolute atomic E-state index is 0.0638. The third kappa shape index (κ3) is 3.07. The molecule has 5 N–H and O–H groups in total. The highest BCUT2D eigenvalue weighted by atomic mass is 16.4. The van der Waals surface area contributed by atoms with Crippen LogP contribution in [0, 0.1) is 0 Å². The normalized spacial score (nSPS) is 12.2. The molecular formula is C16H16N6O2. The number of carboxylic acids is 1. The van der Waals surface area contributed by atoms with Crippen molar-refractivity contribution < 1.29 is 9.90 Å². The molecule has 2 aromatic heterocycles. The van der Waals surface area contributed by atoms with Gasteiger partial charge in [-0.25, -0.2) is 14.8 Å². The summed E-state index contributed by atoms with van der Waals surface area (Å²) in [6.45, 7) is 2.03. The first-order chi connectivity index (χ1) is 11.4. The Labute approximate surface area is 137 Å². The Bertz CT molecular complexity index is 910. The summed E-state index contributed by atoms with van der Waals surface area (Å²) in [6, 6.07) is 6.80. The monoisotopic (exact) mass is 324 g/mol. The second kappa shape index (κ2) is 6.07. The predicted octanol–water partition coefficient (Wildman–Crippen LogP) is 1.63. The molecule has 0 aliphatic heterocycles. The van der Waals surface area contributed by atoms with Gasteiger partial charge < -0.3 is 16.6 Å². The average molecular weight is 324 g/mol. The molecule has 1 aromatic carbocycles. The highest BCUT2D eigenvalue weighted by Crippen LogP contribution is 2.22. The zero-order valence-electron chi connectivity index (χ0n) is 13.0. The molecule has 0 spiro atoms. The number of hydrogen-bond donors (Lipinski definition) is 3. The Balaban J connectivity index is 1.84. The van der Waals surface area contributed by atoms with E-state index in [0.717, 1.165) is 11.3 Å². The van der Waals surface area contributed by atoms with Crippen LogP contribution in [0.5, 0.6) is 0 Å². The van der Waals surface area contributed by atoms with E-state index in [-0.39, 0.29) is 23.2 Å². The van der Waals surface area contributed by atoms with Crippen molar-refractivity contribution in [2.75, 3.05) is 11.5 Å². The lowest BCUT2D eigenvalue weighted by atomic mass is 9.95. The van der Waals surface area contributed by atoms with E-state index >= 15 is 0 Å². The number of aromatic nitrogens is 4. The van der Waals surface area contributed by atoms with Gasteiger partial charge in [-0.05, 0) is 30.0 Å². The number of fused-ring (bicyclic) bond motifs is 1. The van der Waals surface area contributed by atoms with Gasteiger partial charge in [0.15, 0.2) is 17.0 Å². The molecule has 0 fully saturated rings. The summed E-state index contributed by atoms with van der Waals surface area (Å²) >= 11 is 0. The Morgan fingerprint density at radius 2 is 1.88 bits per heavy atom. The number of carbonyl (C=O) groups is 1. The molecule has 24 heavy (non-hydrogen) atoms. The summed E-state index contributed by atoms with van der Waals surface area (Å²) in [6.07, 6.45) is 2.26. The van der Waals surface area contributed by atoms with Crippen LogP contribution < -0.4 is 11.5 Å². The van der Waals surface area contributed by atoms with Gasteiger partial charge in [-0.2, -0.15) is 9.97 Å². The first-order valence-electron chi connectivity index (χ1n) is 7.32. The average Bonchev–Trinajstić information content (AvgIpc) is 2.55. The Morgan fingerprint density at radius 1 is 1.17 bits per heavy atom. The molecule has 0 unspecified atom stereocenters. The van der Waals surface area contributed by atoms with Gasteiger partial charge >= 0.3 is 5.97 Å². The molecule has 0 saturated heterocycles. The Morgan fingerprint density at radius 3 is 2.54 bits per heavy atom. The molecule has 1 atom stereocenters. The maximum atomic E-state index is 10.9. The summed E-state index contributed by atoms with van der Waals surface area (Å²) < 4.78 is 0. The van der Waals surface area contributed by atoms with Crippen LogP contribution in [-0.4, -0.2) is 31.0 Å². The number of carboxylic acid groups (broad SMARTS) is 1. The van der Waals surface area contributed by atoms with Gasteiger partial charge in [0, 0.05) is 0 Å². The Kier molecular flexibility index (Phi) is 3.95. The highest BCUT2D eigenvalue weighted by Gasteiger charge is 2.12. The van der Waals surface area contributed by atoms with Crippen molar-refractivity contribution in [3.05, 3.63) is 47.3 Å². The molecule has 0 radical (unpaired) electrons. The number of nitrogens with two attached hydrogens (primary N) is 2. The largest absolute Gasteiger partial charge is 0.478 e. The van der Waals surface area contributed by atoms with E-state index in [1.807, 2.05) is 6.92 Å². The minimum Gasteiger partial charge on any atom is -0.478 e. The van der Waals surface area contributed by atoms with E-state index < -0.39 is 5.97 Å². The van der Waals surface area contributed by atoms with Crippen molar-refractivity contribution in [3.63, 3.8) is 0 Å². The van der Waals surface area contributed by atoms with Crippen LogP contribution in [0.2, 0.25) is 0 Å². The zero-order chi connectivity index (χ0) is 17.3. The van der Waals surface area contributed by atoms with Crippen molar-refractivity contribution in [1.82, 2.24) is 19.9 Å². The van der Waals surface area contributed by atoms with Gasteiger partial charge in [0.25, 0.3) is 0 Å². The number of hydrogen-bond acceptors (Lipinski definition) is 7. The summed E-state index contributed by atoms with van der Waals surface area (Å²) in [7, 11) is 0. The molecule has 0 saturated carbocycles. The van der Waals surface area contributed by atoms with Crippen LogP contribution in [0.25, 0.3) is 11.2 Å². The van der Waals surface area contributed by atoms with Gasteiger partial charge in [-0.3, -0.25) is 0 Å². The van der Waals surface area contributed by atoms with Crippen molar-refractivity contribution in [1.29, 1.82) is 0 Å². The maximum Gasteiger partial charge on any atom is 0.335 e. The molecule has 0 aliphatic rings. The van der Waals surface area contributed by atoms with E-state index in [1.54, 1.807) is 30.5 Å². The van der Waals surface area contributed by atoms with Crippen LogP contribution >= 0.6 is 0 Å². The molecular weight excluding hydrogens is 308 g/mol. The Hall–Kier alpha value is -3.29. The van der Waals surface area contributed by atoms with Crippen molar-refractivity contribution in [2.45, 2.75) is 19.3 Å². The highest BCUT2D eigenvalue weighted by molar-refractivity contribution is 5.87. The first-order valence-corrected chi connectivity index (χ1v) is 7.32. The smallest absolute Gasteiger partial charge is 0.335 e. The third-order valence-corrected chi connectivity index (χ3v) is 3.74. The van der Waals surface area contributed by atoms with E-state index in [9.17, 15) is 4.79 Å². The van der Waals surface area contributed by atoms with Gasteiger partial charge in [0.05, 0.1) is 17.5 Å². The molecule has 8 heteroatoms. The first kappa shape index (κ1) is 15.6. The SMILES string of the molecule is C[C@H](Cc1cnc2nc(N)nc(N)c2n1)c1ccc(C(=O)O)cc1. The van der Waals surface area contributed by atoms with Crippen molar-refractivity contribution >= 4 is 28.9 Å². The lowest BCUT2D eigenvalue weighted by Gasteiger charge is -2.12.